The number of nitrogens with two attached hydrogens (primary N) is 1. The molecule has 0 rings (SSSR count). The van der Waals surface area contributed by atoms with E-state index in [4.69, 9.17) is 19.9 Å². The van der Waals surface area contributed by atoms with Gasteiger partial charge in [-0.15, -0.1) is 0 Å². The number of nitrogens with one attached hydrogen (secondary N) is 1. The van der Waals surface area contributed by atoms with Gasteiger partial charge in [0.2, 0.25) is 0 Å². The normalized spacial score (nSPS) is 11.1. The van der Waals surface area contributed by atoms with Crippen molar-refractivity contribution < 1.29 is 14.2 Å². The number of hydrogen-bond acceptors (Lipinski definition) is 5. The summed E-state index contributed by atoms with van der Waals surface area (Å²) in [5, 5.41) is 3.42. The lowest BCUT2D eigenvalue weighted by molar-refractivity contribution is 0.0141. The Kier molecular flexibility index (Phi) is 18.6. The topological polar surface area (TPSA) is 65.7 Å². The van der Waals surface area contributed by atoms with Crippen LogP contribution in [0.15, 0.2) is 0 Å². The van der Waals surface area contributed by atoms with E-state index in [0.717, 1.165) is 39.1 Å². The fourth-order valence-electron chi connectivity index (χ4n) is 1.65. The highest BCUT2D eigenvalue weighted by Gasteiger charge is 1.92. The first kappa shape index (κ1) is 19.8. The van der Waals surface area contributed by atoms with Crippen molar-refractivity contribution in [3.63, 3.8) is 0 Å². The molecule has 5 heteroatoms. The highest BCUT2D eigenvalue weighted by molar-refractivity contribution is 4.48. The van der Waals surface area contributed by atoms with Crippen molar-refractivity contribution in [1.29, 1.82) is 0 Å². The molecule has 0 radical (unpaired) electrons. The van der Waals surface area contributed by atoms with Crippen molar-refractivity contribution in [3.05, 3.63) is 0 Å². The molecule has 0 aromatic heterocycles. The number of ether oxygens (including phenoxy) is 3. The van der Waals surface area contributed by atoms with Crippen LogP contribution in [0.3, 0.4) is 0 Å². The SMILES string of the molecule is CCCCCNCCCOCCOCCOCCCN. The maximum atomic E-state index is 5.48. The lowest BCUT2D eigenvalue weighted by Crippen LogP contribution is -2.18. The molecule has 0 unspecified atom stereocenters. The summed E-state index contributed by atoms with van der Waals surface area (Å²) in [6, 6.07) is 0. The molecule has 0 fully saturated rings. The minimum absolute atomic E-state index is 0.632. The zero-order chi connectivity index (χ0) is 14.7. The van der Waals surface area contributed by atoms with Gasteiger partial charge in [0, 0.05) is 13.2 Å². The van der Waals surface area contributed by atoms with Crippen LogP contribution < -0.4 is 11.1 Å². The summed E-state index contributed by atoms with van der Waals surface area (Å²) in [7, 11) is 0. The van der Waals surface area contributed by atoms with E-state index in [-0.39, 0.29) is 0 Å². The molecule has 20 heavy (non-hydrogen) atoms. The van der Waals surface area contributed by atoms with E-state index >= 15 is 0 Å². The molecule has 0 aliphatic rings. The van der Waals surface area contributed by atoms with E-state index in [2.05, 4.69) is 12.2 Å². The summed E-state index contributed by atoms with van der Waals surface area (Å²) >= 11 is 0. The van der Waals surface area contributed by atoms with Crippen LogP contribution in [0.25, 0.3) is 0 Å². The summed E-state index contributed by atoms with van der Waals surface area (Å²) < 4.78 is 16.2. The van der Waals surface area contributed by atoms with Gasteiger partial charge in [-0.25, -0.2) is 0 Å². The smallest absolute Gasteiger partial charge is 0.0701 e. The quantitative estimate of drug-likeness (QED) is 0.398. The van der Waals surface area contributed by atoms with Gasteiger partial charge in [0.05, 0.1) is 26.4 Å². The van der Waals surface area contributed by atoms with Crippen LogP contribution in [-0.4, -0.2) is 59.3 Å². The van der Waals surface area contributed by atoms with E-state index in [1.54, 1.807) is 0 Å². The zero-order valence-electron chi connectivity index (χ0n) is 13.2. The molecule has 0 spiro atoms. The van der Waals surface area contributed by atoms with Crippen LogP contribution in [0.5, 0.6) is 0 Å². The molecule has 5 nitrogen and oxygen atoms in total. The number of unbranched alkanes of at least 4 members (excludes halogenated alkanes) is 2. The monoisotopic (exact) mass is 290 g/mol. The van der Waals surface area contributed by atoms with Crippen molar-refractivity contribution in [3.8, 4) is 0 Å². The van der Waals surface area contributed by atoms with Crippen LogP contribution in [0, 0.1) is 0 Å². The molecule has 0 aromatic rings. The predicted octanol–water partition coefficient (Wildman–Crippen LogP) is 1.55. The van der Waals surface area contributed by atoms with Gasteiger partial charge in [0.1, 0.15) is 0 Å². The van der Waals surface area contributed by atoms with Gasteiger partial charge < -0.3 is 25.3 Å². The van der Waals surface area contributed by atoms with Gasteiger partial charge in [-0.05, 0) is 38.9 Å². The Labute approximate surface area is 124 Å². The van der Waals surface area contributed by atoms with E-state index < -0.39 is 0 Å². The predicted molar refractivity (Wildman–Crippen MR) is 83.1 cm³/mol. The fraction of sp³-hybridized carbons (Fsp3) is 1.00. The van der Waals surface area contributed by atoms with Crippen molar-refractivity contribution >= 4 is 0 Å². The summed E-state index contributed by atoms with van der Waals surface area (Å²) in [6.45, 7) is 9.18. The van der Waals surface area contributed by atoms with Gasteiger partial charge in [-0.3, -0.25) is 0 Å². The second-order valence-corrected chi connectivity index (χ2v) is 4.79. The Hall–Kier alpha value is -0.200. The maximum absolute atomic E-state index is 5.48. The average molecular weight is 290 g/mol. The Balaban J connectivity index is 2.89. The van der Waals surface area contributed by atoms with Gasteiger partial charge >= 0.3 is 0 Å². The summed E-state index contributed by atoms with van der Waals surface area (Å²) in [5.74, 6) is 0. The number of rotatable bonds is 17. The van der Waals surface area contributed by atoms with Crippen LogP contribution in [0.1, 0.15) is 39.0 Å². The Morgan fingerprint density at radius 1 is 0.700 bits per heavy atom. The Morgan fingerprint density at radius 3 is 1.85 bits per heavy atom. The molecular formula is C15H34N2O3. The maximum Gasteiger partial charge on any atom is 0.0701 e. The van der Waals surface area contributed by atoms with Crippen molar-refractivity contribution in [2.24, 2.45) is 5.73 Å². The van der Waals surface area contributed by atoms with E-state index in [0.29, 0.717) is 33.0 Å². The van der Waals surface area contributed by atoms with E-state index in [1.807, 2.05) is 0 Å². The molecule has 0 amide bonds. The van der Waals surface area contributed by atoms with Crippen LogP contribution >= 0.6 is 0 Å². The summed E-state index contributed by atoms with van der Waals surface area (Å²) in [4.78, 5) is 0. The van der Waals surface area contributed by atoms with Crippen molar-refractivity contribution in [2.75, 3.05) is 59.3 Å². The summed E-state index contributed by atoms with van der Waals surface area (Å²) in [5.41, 5.74) is 5.36. The van der Waals surface area contributed by atoms with Gasteiger partial charge in [0.15, 0.2) is 0 Å². The molecular weight excluding hydrogens is 256 g/mol. The second kappa shape index (κ2) is 18.8. The standard InChI is InChI=1S/C15H34N2O3/c1-2-3-4-8-17-9-6-11-19-13-15-20-14-12-18-10-5-7-16/h17H,2-16H2,1H3. The highest BCUT2D eigenvalue weighted by atomic mass is 16.5. The third kappa shape index (κ3) is 17.8. The fourth-order valence-corrected chi connectivity index (χ4v) is 1.65. The van der Waals surface area contributed by atoms with Crippen LogP contribution in [-0.2, 0) is 14.2 Å². The molecule has 0 saturated heterocycles. The molecule has 0 aliphatic carbocycles. The third-order valence-corrected chi connectivity index (χ3v) is 2.84. The number of hydrogen-bond donors (Lipinski definition) is 2. The zero-order valence-corrected chi connectivity index (χ0v) is 13.2. The first-order valence-corrected chi connectivity index (χ1v) is 8.05. The lowest BCUT2D eigenvalue weighted by atomic mass is 10.2. The largest absolute Gasteiger partial charge is 0.379 e. The first-order chi connectivity index (χ1) is 9.91. The lowest BCUT2D eigenvalue weighted by Gasteiger charge is -2.07. The molecule has 122 valence electrons. The molecule has 0 heterocycles. The Bertz CT molecular complexity index is 153. The molecule has 0 aromatic carbocycles. The highest BCUT2D eigenvalue weighted by Crippen LogP contribution is 1.91. The average Bonchev–Trinajstić information content (AvgIpc) is 2.47. The molecule has 3 N–H and O–H groups in total. The molecule has 0 bridgehead atoms. The van der Waals surface area contributed by atoms with Crippen molar-refractivity contribution in [2.45, 2.75) is 39.0 Å². The van der Waals surface area contributed by atoms with Gasteiger partial charge in [0.25, 0.3) is 0 Å². The third-order valence-electron chi connectivity index (χ3n) is 2.84. The van der Waals surface area contributed by atoms with E-state index in [1.165, 1.54) is 19.3 Å². The molecule has 0 saturated carbocycles. The van der Waals surface area contributed by atoms with Gasteiger partial charge in [-0.1, -0.05) is 19.8 Å². The second-order valence-electron chi connectivity index (χ2n) is 4.79. The van der Waals surface area contributed by atoms with Crippen LogP contribution in [0.2, 0.25) is 0 Å². The Morgan fingerprint density at radius 2 is 1.25 bits per heavy atom. The summed E-state index contributed by atoms with van der Waals surface area (Å²) in [6.07, 6.45) is 5.85. The molecule has 0 atom stereocenters. The van der Waals surface area contributed by atoms with Crippen molar-refractivity contribution in [1.82, 2.24) is 5.32 Å². The first-order valence-electron chi connectivity index (χ1n) is 8.05. The minimum Gasteiger partial charge on any atom is -0.379 e. The minimum atomic E-state index is 0.632. The van der Waals surface area contributed by atoms with Gasteiger partial charge in [-0.2, -0.15) is 0 Å². The van der Waals surface area contributed by atoms with Crippen LogP contribution in [0.4, 0.5) is 0 Å². The molecule has 0 aliphatic heterocycles. The van der Waals surface area contributed by atoms with E-state index in [9.17, 15) is 0 Å².